The fraction of sp³-hybridized carbons (Fsp3) is 0.300. The highest BCUT2D eigenvalue weighted by atomic mass is 16.4. The SMILES string of the molecule is CCC1=C(C)c2cc3nc(cc4[nH]c(cc5cc(C)c(cc1n2)[nH]5)c(C)c4CC)C(C)=C3CC(=O)O. The molecule has 0 saturated carbocycles. The molecule has 6 nitrogen and oxygen atoms in total. The van der Waals surface area contributed by atoms with Crippen LogP contribution in [0.25, 0.3) is 44.4 Å². The van der Waals surface area contributed by atoms with Crippen molar-refractivity contribution in [3.8, 4) is 0 Å². The lowest BCUT2D eigenvalue weighted by molar-refractivity contribution is -0.135. The summed E-state index contributed by atoms with van der Waals surface area (Å²) in [7, 11) is 0. The number of carboxylic acids is 1. The number of aliphatic carboxylic acids is 1. The highest BCUT2D eigenvalue weighted by molar-refractivity contribution is 5.99. The van der Waals surface area contributed by atoms with Crippen LogP contribution in [0.2, 0.25) is 0 Å². The van der Waals surface area contributed by atoms with Crippen LogP contribution in [0.3, 0.4) is 0 Å². The Morgan fingerprint density at radius 2 is 1.39 bits per heavy atom. The summed E-state index contributed by atoms with van der Waals surface area (Å²) in [6, 6.07) is 10.4. The third-order valence-electron chi connectivity index (χ3n) is 7.47. The van der Waals surface area contributed by atoms with Crippen molar-refractivity contribution in [1.29, 1.82) is 0 Å². The molecule has 2 aliphatic rings. The molecule has 6 heteroatoms. The fourth-order valence-corrected chi connectivity index (χ4v) is 5.39. The molecule has 36 heavy (non-hydrogen) atoms. The average Bonchev–Trinajstić information content (AvgIpc) is 3.50. The molecule has 0 aromatic carbocycles. The normalized spacial score (nSPS) is 13.6. The van der Waals surface area contributed by atoms with Gasteiger partial charge in [0.05, 0.1) is 29.2 Å². The Bertz CT molecular complexity index is 1650. The smallest absolute Gasteiger partial charge is 0.307 e. The Balaban J connectivity index is 1.95. The second kappa shape index (κ2) is 8.94. The van der Waals surface area contributed by atoms with Gasteiger partial charge in [0.15, 0.2) is 0 Å². The second-order valence-electron chi connectivity index (χ2n) is 9.70. The van der Waals surface area contributed by atoms with Crippen molar-refractivity contribution in [1.82, 2.24) is 19.9 Å². The molecule has 0 aliphatic carbocycles. The first-order valence-electron chi connectivity index (χ1n) is 12.5. The topological polar surface area (TPSA) is 94.7 Å². The van der Waals surface area contributed by atoms with Gasteiger partial charge in [0.1, 0.15) is 0 Å². The summed E-state index contributed by atoms with van der Waals surface area (Å²) in [6.45, 7) is 12.6. The standard InChI is InChI=1S/C30H32N4O2/c1-7-20-16(4)24-10-19-9-15(3)23(31-19)12-27-21(8-2)17(5)25(33-27)14-29-22(11-30(35)36)18(6)26(34-29)13-28(20)32-24/h9-10,12-14,31-32H,7-8,11H2,1-6H3,(H,35,36). The van der Waals surface area contributed by atoms with Crippen LogP contribution in [0.1, 0.15) is 80.0 Å². The lowest BCUT2D eigenvalue weighted by Gasteiger charge is -2.01. The molecular weight excluding hydrogens is 448 g/mol. The monoisotopic (exact) mass is 480 g/mol. The highest BCUT2D eigenvalue weighted by Gasteiger charge is 2.22. The Labute approximate surface area is 210 Å². The summed E-state index contributed by atoms with van der Waals surface area (Å²) in [4.78, 5) is 28.8. The maximum atomic E-state index is 11.7. The van der Waals surface area contributed by atoms with Crippen LogP contribution < -0.4 is 0 Å². The maximum absolute atomic E-state index is 11.7. The largest absolute Gasteiger partial charge is 0.481 e. The Hall–Kier alpha value is -3.93. The number of carbonyl (C=O) groups is 1. The van der Waals surface area contributed by atoms with Crippen molar-refractivity contribution in [2.45, 2.75) is 60.8 Å². The van der Waals surface area contributed by atoms with Gasteiger partial charge in [-0.1, -0.05) is 13.8 Å². The third kappa shape index (κ3) is 3.96. The van der Waals surface area contributed by atoms with E-state index in [2.05, 4.69) is 68.9 Å². The van der Waals surface area contributed by atoms with E-state index >= 15 is 0 Å². The first-order chi connectivity index (χ1) is 17.2. The molecule has 2 aliphatic heterocycles. The van der Waals surface area contributed by atoms with Gasteiger partial charge in [0, 0.05) is 22.1 Å². The lowest BCUT2D eigenvalue weighted by atomic mass is 10.0. The molecule has 0 radical (unpaired) electrons. The molecule has 0 spiro atoms. The summed E-state index contributed by atoms with van der Waals surface area (Å²) >= 11 is 0. The van der Waals surface area contributed by atoms with Crippen LogP contribution in [-0.4, -0.2) is 31.0 Å². The van der Waals surface area contributed by atoms with Crippen LogP contribution in [0, 0.1) is 13.8 Å². The Morgan fingerprint density at radius 1 is 0.750 bits per heavy atom. The summed E-state index contributed by atoms with van der Waals surface area (Å²) in [6.07, 6.45) is 1.66. The minimum absolute atomic E-state index is 0.0779. The predicted molar refractivity (Wildman–Crippen MR) is 147 cm³/mol. The van der Waals surface area contributed by atoms with E-state index in [0.29, 0.717) is 5.69 Å². The van der Waals surface area contributed by atoms with E-state index in [1.807, 2.05) is 13.0 Å². The van der Waals surface area contributed by atoms with Gasteiger partial charge >= 0.3 is 5.97 Å². The Kier molecular flexibility index (Phi) is 5.91. The second-order valence-corrected chi connectivity index (χ2v) is 9.70. The molecule has 3 aromatic heterocycles. The van der Waals surface area contributed by atoms with Gasteiger partial charge < -0.3 is 15.1 Å². The summed E-state index contributed by atoms with van der Waals surface area (Å²) in [5.41, 5.74) is 14.9. The van der Waals surface area contributed by atoms with Gasteiger partial charge in [-0.05, 0) is 110 Å². The molecule has 3 aromatic rings. The zero-order valence-electron chi connectivity index (χ0n) is 21.8. The van der Waals surface area contributed by atoms with Crippen LogP contribution in [-0.2, 0) is 11.2 Å². The van der Waals surface area contributed by atoms with Crippen LogP contribution in [0.15, 0.2) is 30.3 Å². The zero-order valence-corrected chi connectivity index (χ0v) is 21.8. The van der Waals surface area contributed by atoms with Crippen molar-refractivity contribution >= 4 is 50.3 Å². The van der Waals surface area contributed by atoms with Gasteiger partial charge in [0.25, 0.3) is 0 Å². The van der Waals surface area contributed by atoms with Crippen LogP contribution >= 0.6 is 0 Å². The van der Waals surface area contributed by atoms with E-state index in [0.717, 1.165) is 74.3 Å². The number of aromatic amines is 2. The molecule has 0 fully saturated rings. The van der Waals surface area contributed by atoms with E-state index in [1.165, 1.54) is 16.7 Å². The number of carboxylic acid groups (broad SMARTS) is 1. The first kappa shape index (κ1) is 23.8. The van der Waals surface area contributed by atoms with Crippen LogP contribution in [0.5, 0.6) is 0 Å². The van der Waals surface area contributed by atoms with Gasteiger partial charge in [-0.25, -0.2) is 9.97 Å². The summed E-state index contributed by atoms with van der Waals surface area (Å²) < 4.78 is 0. The summed E-state index contributed by atoms with van der Waals surface area (Å²) in [5.74, 6) is -0.868. The minimum Gasteiger partial charge on any atom is -0.481 e. The molecule has 0 atom stereocenters. The quantitative estimate of drug-likeness (QED) is 0.367. The number of hydrogen-bond donors (Lipinski definition) is 3. The van der Waals surface area contributed by atoms with Crippen molar-refractivity contribution < 1.29 is 9.90 Å². The number of allylic oxidation sites excluding steroid dienone is 3. The molecule has 3 N–H and O–H groups in total. The average molecular weight is 481 g/mol. The summed E-state index contributed by atoms with van der Waals surface area (Å²) in [5, 5.41) is 9.64. The molecule has 0 saturated heterocycles. The number of aryl methyl sites for hydroxylation is 3. The van der Waals surface area contributed by atoms with E-state index in [4.69, 9.17) is 9.97 Å². The third-order valence-corrected chi connectivity index (χ3v) is 7.47. The molecule has 8 bridgehead atoms. The van der Waals surface area contributed by atoms with Gasteiger partial charge in [0.2, 0.25) is 0 Å². The van der Waals surface area contributed by atoms with E-state index in [9.17, 15) is 9.90 Å². The molecule has 184 valence electrons. The van der Waals surface area contributed by atoms with Gasteiger partial charge in [-0.3, -0.25) is 4.79 Å². The van der Waals surface area contributed by atoms with Crippen molar-refractivity contribution in [3.05, 3.63) is 69.8 Å². The van der Waals surface area contributed by atoms with Gasteiger partial charge in [-0.15, -0.1) is 0 Å². The molecule has 5 heterocycles. The number of fused-ring (bicyclic) bond motifs is 8. The number of nitrogens with one attached hydrogen (secondary N) is 2. The van der Waals surface area contributed by atoms with E-state index < -0.39 is 5.97 Å². The molecule has 0 unspecified atom stereocenters. The lowest BCUT2D eigenvalue weighted by Crippen LogP contribution is -1.97. The molecule has 0 amide bonds. The van der Waals surface area contributed by atoms with E-state index in [1.54, 1.807) is 0 Å². The maximum Gasteiger partial charge on any atom is 0.307 e. The minimum atomic E-state index is -0.868. The number of H-pyrrole nitrogens is 2. The first-order valence-corrected chi connectivity index (χ1v) is 12.5. The molecule has 5 rings (SSSR count). The number of nitrogens with zero attached hydrogens (tertiary/aromatic N) is 2. The number of rotatable bonds is 4. The van der Waals surface area contributed by atoms with Crippen molar-refractivity contribution in [2.75, 3.05) is 0 Å². The van der Waals surface area contributed by atoms with Crippen molar-refractivity contribution in [3.63, 3.8) is 0 Å². The van der Waals surface area contributed by atoms with Gasteiger partial charge in [-0.2, -0.15) is 0 Å². The van der Waals surface area contributed by atoms with Crippen LogP contribution in [0.4, 0.5) is 0 Å². The molecular formula is C30H32N4O2. The fourth-order valence-electron chi connectivity index (χ4n) is 5.39. The van der Waals surface area contributed by atoms with E-state index in [-0.39, 0.29) is 6.42 Å². The Morgan fingerprint density at radius 3 is 2.06 bits per heavy atom. The highest BCUT2D eigenvalue weighted by Crippen LogP contribution is 2.36. The number of aromatic nitrogens is 4. The number of hydrogen-bond acceptors (Lipinski definition) is 3. The zero-order chi connectivity index (χ0) is 25.7. The van der Waals surface area contributed by atoms with Crippen molar-refractivity contribution in [2.24, 2.45) is 0 Å². The predicted octanol–water partition coefficient (Wildman–Crippen LogP) is 7.24.